The van der Waals surface area contributed by atoms with Gasteiger partial charge in [-0.15, -0.1) is 0 Å². The van der Waals surface area contributed by atoms with Crippen LogP contribution in [0.2, 0.25) is 5.02 Å². The zero-order valence-corrected chi connectivity index (χ0v) is 14.0. The van der Waals surface area contributed by atoms with Gasteiger partial charge in [0.1, 0.15) is 5.82 Å². The fraction of sp³-hybridized carbons (Fsp3) is 0.200. The van der Waals surface area contributed by atoms with Crippen molar-refractivity contribution in [1.29, 1.82) is 0 Å². The number of aliphatic hydroxyl groups is 1. The van der Waals surface area contributed by atoms with Crippen LogP contribution in [0.15, 0.2) is 53.4 Å². The number of hydrogen-bond acceptors (Lipinski definition) is 3. The van der Waals surface area contributed by atoms with E-state index in [4.69, 9.17) is 11.6 Å². The first-order valence-corrected chi connectivity index (χ1v) is 8.63. The summed E-state index contributed by atoms with van der Waals surface area (Å²) in [7, 11) is -4.46. The Morgan fingerprint density at radius 2 is 1.68 bits per heavy atom. The fourth-order valence-electron chi connectivity index (χ4n) is 2.01. The average Bonchev–Trinajstić information content (AvgIpc) is 2.55. The molecule has 0 saturated heterocycles. The molecule has 1 atom stereocenters. The zero-order valence-electron chi connectivity index (χ0n) is 12.4. The molecule has 2 aromatic carbocycles. The second-order valence-corrected chi connectivity index (χ2v) is 7.30. The molecule has 0 aromatic heterocycles. The maximum absolute atomic E-state index is 13.3. The smallest absolute Gasteiger partial charge is 0.375 e. The Kier molecular flexibility index (Phi) is 5.43. The van der Waals surface area contributed by atoms with E-state index in [0.717, 1.165) is 30.3 Å². The van der Waals surface area contributed by atoms with Crippen LogP contribution < -0.4 is 4.72 Å². The van der Waals surface area contributed by atoms with Crippen molar-refractivity contribution in [2.75, 3.05) is 6.54 Å². The minimum atomic E-state index is -5.14. The molecule has 1 unspecified atom stereocenters. The lowest BCUT2D eigenvalue weighted by Crippen LogP contribution is -2.51. The van der Waals surface area contributed by atoms with Crippen LogP contribution in [0.4, 0.5) is 17.6 Å². The maximum atomic E-state index is 13.3. The predicted octanol–water partition coefficient (Wildman–Crippen LogP) is 3.21. The highest BCUT2D eigenvalue weighted by molar-refractivity contribution is 7.89. The first kappa shape index (κ1) is 19.6. The first-order chi connectivity index (χ1) is 11.5. The minimum Gasteiger partial charge on any atom is -0.375 e. The molecule has 0 aliphatic heterocycles. The van der Waals surface area contributed by atoms with Gasteiger partial charge in [0.25, 0.3) is 0 Å². The number of nitrogens with one attached hydrogen (secondary N) is 1. The molecule has 10 heteroatoms. The van der Waals surface area contributed by atoms with Crippen LogP contribution in [0.3, 0.4) is 0 Å². The predicted molar refractivity (Wildman–Crippen MR) is 83.0 cm³/mol. The van der Waals surface area contributed by atoms with Crippen LogP contribution in [0.25, 0.3) is 0 Å². The van der Waals surface area contributed by atoms with Crippen LogP contribution in [-0.4, -0.2) is 26.2 Å². The molecule has 25 heavy (non-hydrogen) atoms. The quantitative estimate of drug-likeness (QED) is 0.761. The van der Waals surface area contributed by atoms with Crippen LogP contribution in [0.1, 0.15) is 5.56 Å². The summed E-state index contributed by atoms with van der Waals surface area (Å²) in [5, 5.41) is 9.59. The van der Waals surface area contributed by atoms with E-state index in [1.165, 1.54) is 18.2 Å². The first-order valence-electron chi connectivity index (χ1n) is 6.77. The lowest BCUT2D eigenvalue weighted by molar-refractivity contribution is -0.263. The molecule has 0 heterocycles. The molecular formula is C15H12ClF4NO3S. The highest BCUT2D eigenvalue weighted by atomic mass is 35.5. The lowest BCUT2D eigenvalue weighted by Gasteiger charge is -2.31. The summed E-state index contributed by atoms with van der Waals surface area (Å²) in [6.07, 6.45) is -5.14. The summed E-state index contributed by atoms with van der Waals surface area (Å²) < 4.78 is 79.0. The van der Waals surface area contributed by atoms with Crippen molar-refractivity contribution in [1.82, 2.24) is 4.72 Å². The van der Waals surface area contributed by atoms with E-state index in [1.54, 1.807) is 4.72 Å². The van der Waals surface area contributed by atoms with Gasteiger partial charge in [0.05, 0.1) is 16.5 Å². The second-order valence-electron chi connectivity index (χ2n) is 5.12. The highest BCUT2D eigenvalue weighted by Crippen LogP contribution is 2.38. The van der Waals surface area contributed by atoms with Crippen molar-refractivity contribution >= 4 is 21.6 Å². The molecule has 0 aliphatic rings. The van der Waals surface area contributed by atoms with Crippen molar-refractivity contribution in [2.45, 2.75) is 16.7 Å². The number of rotatable bonds is 5. The van der Waals surface area contributed by atoms with Crippen LogP contribution in [-0.2, 0) is 15.6 Å². The van der Waals surface area contributed by atoms with Crippen molar-refractivity contribution in [3.8, 4) is 0 Å². The number of alkyl halides is 3. The second kappa shape index (κ2) is 6.91. The third-order valence-corrected chi connectivity index (χ3v) is 5.13. The Bertz CT molecular complexity index is 859. The molecule has 136 valence electrons. The molecule has 0 amide bonds. The van der Waals surface area contributed by atoms with E-state index in [1.807, 2.05) is 0 Å². The zero-order chi connectivity index (χ0) is 18.9. The van der Waals surface area contributed by atoms with Gasteiger partial charge in [0.15, 0.2) is 5.60 Å². The monoisotopic (exact) mass is 397 g/mol. The van der Waals surface area contributed by atoms with Crippen LogP contribution in [0.5, 0.6) is 0 Å². The van der Waals surface area contributed by atoms with Gasteiger partial charge in [-0.2, -0.15) is 13.2 Å². The van der Waals surface area contributed by atoms with Crippen molar-refractivity contribution in [2.24, 2.45) is 0 Å². The number of sulfonamides is 1. The van der Waals surface area contributed by atoms with Crippen molar-refractivity contribution in [3.63, 3.8) is 0 Å². The molecule has 0 radical (unpaired) electrons. The van der Waals surface area contributed by atoms with Crippen LogP contribution in [0, 0.1) is 5.82 Å². The van der Waals surface area contributed by atoms with E-state index < -0.39 is 49.6 Å². The van der Waals surface area contributed by atoms with E-state index in [-0.39, 0.29) is 0 Å². The lowest BCUT2D eigenvalue weighted by atomic mass is 9.93. The van der Waals surface area contributed by atoms with Gasteiger partial charge in [-0.25, -0.2) is 17.5 Å². The summed E-state index contributed by atoms with van der Waals surface area (Å²) in [4.78, 5) is -0.531. The van der Waals surface area contributed by atoms with E-state index in [0.29, 0.717) is 0 Å². The van der Waals surface area contributed by atoms with Crippen molar-refractivity contribution in [3.05, 3.63) is 64.9 Å². The average molecular weight is 398 g/mol. The van der Waals surface area contributed by atoms with Crippen molar-refractivity contribution < 1.29 is 31.1 Å². The van der Waals surface area contributed by atoms with Gasteiger partial charge in [-0.1, -0.05) is 41.9 Å². The molecule has 2 rings (SSSR count). The third-order valence-electron chi connectivity index (χ3n) is 3.44. The molecule has 0 fully saturated rings. The molecule has 0 saturated carbocycles. The topological polar surface area (TPSA) is 66.4 Å². The molecule has 0 bridgehead atoms. The van der Waals surface area contributed by atoms with Crippen LogP contribution >= 0.6 is 11.6 Å². The summed E-state index contributed by atoms with van der Waals surface area (Å²) in [6, 6.07) is 8.43. The molecular weight excluding hydrogens is 386 g/mol. The summed E-state index contributed by atoms with van der Waals surface area (Å²) >= 11 is 5.48. The Labute approximate surface area is 146 Å². The Morgan fingerprint density at radius 3 is 2.20 bits per heavy atom. The summed E-state index contributed by atoms with van der Waals surface area (Å²) in [6.45, 7) is -1.36. The van der Waals surface area contributed by atoms with Gasteiger partial charge in [-0.05, 0) is 23.8 Å². The summed E-state index contributed by atoms with van der Waals surface area (Å²) in [5.41, 5.74) is -3.96. The Hall–Kier alpha value is -1.68. The Balaban J connectivity index is 2.33. The summed E-state index contributed by atoms with van der Waals surface area (Å²) in [5.74, 6) is -0.878. The highest BCUT2D eigenvalue weighted by Gasteiger charge is 2.55. The molecule has 0 spiro atoms. The minimum absolute atomic E-state index is 0.503. The number of hydrogen-bond donors (Lipinski definition) is 2. The third kappa shape index (κ3) is 4.12. The Morgan fingerprint density at radius 1 is 1.08 bits per heavy atom. The van der Waals surface area contributed by atoms with Gasteiger partial charge in [0.2, 0.25) is 10.0 Å². The van der Waals surface area contributed by atoms with Gasteiger partial charge < -0.3 is 5.11 Å². The number of benzene rings is 2. The van der Waals surface area contributed by atoms with E-state index in [2.05, 4.69) is 0 Å². The van der Waals surface area contributed by atoms with E-state index in [9.17, 15) is 31.1 Å². The molecule has 4 nitrogen and oxygen atoms in total. The molecule has 0 aliphatic carbocycles. The normalized spacial score (nSPS) is 15.0. The molecule has 2 aromatic rings. The standard InChI is InChI=1S/C15H12ClF4NO3S/c16-12-8-11(6-7-13(12)17)25(23,24)21-9-14(22,15(18,19)20)10-4-2-1-3-5-10/h1-8,21-22H,9H2. The van der Waals surface area contributed by atoms with Gasteiger partial charge in [-0.3, -0.25) is 0 Å². The van der Waals surface area contributed by atoms with Gasteiger partial charge >= 0.3 is 6.18 Å². The largest absolute Gasteiger partial charge is 0.422 e. The maximum Gasteiger partial charge on any atom is 0.422 e. The SMILES string of the molecule is O=S(=O)(NCC(O)(c1ccccc1)C(F)(F)F)c1ccc(F)c(Cl)c1. The van der Waals surface area contributed by atoms with Gasteiger partial charge in [0, 0.05) is 0 Å². The number of halogens is 5. The molecule has 2 N–H and O–H groups in total. The van der Waals surface area contributed by atoms with E-state index >= 15 is 0 Å². The fourth-order valence-corrected chi connectivity index (χ4v) is 3.34.